The number of amides is 2. The van der Waals surface area contributed by atoms with Gasteiger partial charge in [0.15, 0.2) is 0 Å². The number of urea groups is 1. The summed E-state index contributed by atoms with van der Waals surface area (Å²) in [6.07, 6.45) is 3.54. The van der Waals surface area contributed by atoms with Gasteiger partial charge in [-0.15, -0.1) is 0 Å². The monoisotopic (exact) mass is 332 g/mol. The third-order valence-electron chi connectivity index (χ3n) is 4.25. The molecule has 0 saturated heterocycles. The summed E-state index contributed by atoms with van der Waals surface area (Å²) in [4.78, 5) is 12.2. The molecule has 1 heterocycles. The maximum Gasteiger partial charge on any atom is 0.315 e. The second-order valence-electron chi connectivity index (χ2n) is 6.44. The van der Waals surface area contributed by atoms with E-state index < -0.39 is 5.60 Å². The molecule has 0 spiro atoms. The van der Waals surface area contributed by atoms with E-state index in [2.05, 4.69) is 10.6 Å². The first-order chi connectivity index (χ1) is 11.5. The molecule has 2 amide bonds. The van der Waals surface area contributed by atoms with Crippen molar-refractivity contribution < 1.29 is 18.7 Å². The lowest BCUT2D eigenvalue weighted by molar-refractivity contribution is 0.0366. The molecule has 2 atom stereocenters. The molecular weight excluding hydrogens is 311 g/mol. The van der Waals surface area contributed by atoms with E-state index >= 15 is 0 Å². The molecule has 0 bridgehead atoms. The van der Waals surface area contributed by atoms with E-state index in [1.165, 1.54) is 18.4 Å². The number of nitrogens with one attached hydrogen (secondary N) is 2. The first-order valence-electron chi connectivity index (χ1n) is 8.02. The van der Waals surface area contributed by atoms with Crippen molar-refractivity contribution in [3.63, 3.8) is 0 Å². The topological polar surface area (TPSA) is 74.5 Å². The van der Waals surface area contributed by atoms with Crippen LogP contribution in [0.2, 0.25) is 0 Å². The number of furan rings is 1. The Kier molecular flexibility index (Phi) is 4.57. The molecule has 2 aromatic rings. The van der Waals surface area contributed by atoms with Crippen molar-refractivity contribution >= 4 is 6.03 Å². The van der Waals surface area contributed by atoms with Gasteiger partial charge in [-0.1, -0.05) is 12.1 Å². The smallest absolute Gasteiger partial charge is 0.315 e. The summed E-state index contributed by atoms with van der Waals surface area (Å²) in [7, 11) is 0. The highest BCUT2D eigenvalue weighted by atomic mass is 19.1. The van der Waals surface area contributed by atoms with Crippen LogP contribution in [0.5, 0.6) is 0 Å². The summed E-state index contributed by atoms with van der Waals surface area (Å²) in [5.74, 6) is 0.458. The van der Waals surface area contributed by atoms with Crippen LogP contribution >= 0.6 is 0 Å². The van der Waals surface area contributed by atoms with Crippen molar-refractivity contribution in [1.29, 1.82) is 0 Å². The number of carbonyl (C=O) groups excluding carboxylic acids is 1. The molecule has 5 nitrogen and oxygen atoms in total. The third kappa shape index (κ3) is 3.94. The van der Waals surface area contributed by atoms with E-state index in [-0.39, 0.29) is 24.4 Å². The zero-order chi connectivity index (χ0) is 17.2. The lowest BCUT2D eigenvalue weighted by Gasteiger charge is -2.23. The molecule has 3 rings (SSSR count). The normalized spacial score (nSPS) is 17.8. The van der Waals surface area contributed by atoms with Gasteiger partial charge in [0.05, 0.1) is 18.8 Å². The molecule has 1 aromatic heterocycles. The Hall–Kier alpha value is -2.34. The molecule has 6 heteroatoms. The van der Waals surface area contributed by atoms with E-state index in [0.717, 1.165) is 18.4 Å². The SMILES string of the molecule is CC(O)(CNC(=O)NC(c1ccc(F)cc1)C1CC1)c1ccco1. The number of halogens is 1. The predicted octanol–water partition coefficient (Wildman–Crippen LogP) is 3.08. The summed E-state index contributed by atoms with van der Waals surface area (Å²) in [5, 5.41) is 15.9. The van der Waals surface area contributed by atoms with Crippen LogP contribution in [0.4, 0.5) is 9.18 Å². The zero-order valence-corrected chi connectivity index (χ0v) is 13.5. The fourth-order valence-electron chi connectivity index (χ4n) is 2.69. The Morgan fingerprint density at radius 2 is 2.08 bits per heavy atom. The highest BCUT2D eigenvalue weighted by molar-refractivity contribution is 5.74. The second kappa shape index (κ2) is 6.65. The lowest BCUT2D eigenvalue weighted by Crippen LogP contribution is -2.44. The van der Waals surface area contributed by atoms with E-state index in [1.807, 2.05) is 0 Å². The molecule has 1 aromatic carbocycles. The van der Waals surface area contributed by atoms with Gasteiger partial charge in [-0.25, -0.2) is 9.18 Å². The number of aliphatic hydroxyl groups is 1. The van der Waals surface area contributed by atoms with Crippen molar-refractivity contribution in [2.24, 2.45) is 5.92 Å². The van der Waals surface area contributed by atoms with Crippen LogP contribution in [-0.2, 0) is 5.60 Å². The third-order valence-corrected chi connectivity index (χ3v) is 4.25. The van der Waals surface area contributed by atoms with Crippen molar-refractivity contribution in [2.75, 3.05) is 6.54 Å². The van der Waals surface area contributed by atoms with Gasteiger partial charge in [-0.05, 0) is 55.5 Å². The Labute approximate surface area is 139 Å². The molecule has 1 fully saturated rings. The van der Waals surface area contributed by atoms with Crippen LogP contribution in [0.15, 0.2) is 47.1 Å². The standard InChI is InChI=1S/C18H21FN2O3/c1-18(23,15-3-2-10-24-15)11-20-17(22)21-16(12-4-5-12)13-6-8-14(19)9-7-13/h2-3,6-10,12,16,23H,4-5,11H2,1H3,(H2,20,21,22). The summed E-state index contributed by atoms with van der Waals surface area (Å²) in [6, 6.07) is 8.99. The van der Waals surface area contributed by atoms with Crippen LogP contribution in [0, 0.1) is 11.7 Å². The van der Waals surface area contributed by atoms with E-state index in [0.29, 0.717) is 11.7 Å². The Morgan fingerprint density at radius 3 is 2.67 bits per heavy atom. The van der Waals surface area contributed by atoms with Crippen LogP contribution in [0.3, 0.4) is 0 Å². The number of benzene rings is 1. The van der Waals surface area contributed by atoms with Crippen LogP contribution in [-0.4, -0.2) is 17.7 Å². The highest BCUT2D eigenvalue weighted by Crippen LogP contribution is 2.41. The van der Waals surface area contributed by atoms with Gasteiger partial charge in [0.2, 0.25) is 0 Å². The molecule has 3 N–H and O–H groups in total. The van der Waals surface area contributed by atoms with Crippen molar-refractivity contribution in [1.82, 2.24) is 10.6 Å². The number of hydrogen-bond donors (Lipinski definition) is 3. The number of rotatable bonds is 6. The molecule has 0 aliphatic heterocycles. The van der Waals surface area contributed by atoms with Gasteiger partial charge in [-0.3, -0.25) is 0 Å². The summed E-state index contributed by atoms with van der Waals surface area (Å²) >= 11 is 0. The largest absolute Gasteiger partial charge is 0.466 e. The predicted molar refractivity (Wildman–Crippen MR) is 86.7 cm³/mol. The van der Waals surface area contributed by atoms with Crippen molar-refractivity contribution in [3.05, 3.63) is 59.8 Å². The molecule has 24 heavy (non-hydrogen) atoms. The van der Waals surface area contributed by atoms with Crippen molar-refractivity contribution in [2.45, 2.75) is 31.4 Å². The molecule has 1 saturated carbocycles. The Balaban J connectivity index is 1.59. The van der Waals surface area contributed by atoms with Crippen LogP contribution in [0.1, 0.15) is 37.1 Å². The summed E-state index contributed by atoms with van der Waals surface area (Å²) in [5.41, 5.74) is -0.405. The van der Waals surface area contributed by atoms with Crippen molar-refractivity contribution in [3.8, 4) is 0 Å². The number of carbonyl (C=O) groups is 1. The number of hydrogen-bond acceptors (Lipinski definition) is 3. The quantitative estimate of drug-likeness (QED) is 0.761. The maximum absolute atomic E-state index is 13.1. The Morgan fingerprint density at radius 1 is 1.38 bits per heavy atom. The zero-order valence-electron chi connectivity index (χ0n) is 13.5. The van der Waals surface area contributed by atoms with Gasteiger partial charge in [0, 0.05) is 0 Å². The highest BCUT2D eigenvalue weighted by Gasteiger charge is 2.34. The molecule has 128 valence electrons. The Bertz CT molecular complexity index is 679. The van der Waals surface area contributed by atoms with E-state index in [9.17, 15) is 14.3 Å². The maximum atomic E-state index is 13.1. The first-order valence-corrected chi connectivity index (χ1v) is 8.02. The van der Waals surface area contributed by atoms with Gasteiger partial charge in [0.25, 0.3) is 0 Å². The van der Waals surface area contributed by atoms with Crippen LogP contribution < -0.4 is 10.6 Å². The molecule has 1 aliphatic carbocycles. The van der Waals surface area contributed by atoms with E-state index in [4.69, 9.17) is 4.42 Å². The molecule has 0 radical (unpaired) electrons. The average molecular weight is 332 g/mol. The minimum absolute atomic E-state index is 0.0210. The minimum Gasteiger partial charge on any atom is -0.466 e. The fourth-order valence-corrected chi connectivity index (χ4v) is 2.69. The van der Waals surface area contributed by atoms with Crippen LogP contribution in [0.25, 0.3) is 0 Å². The fraction of sp³-hybridized carbons (Fsp3) is 0.389. The molecule has 1 aliphatic rings. The second-order valence-corrected chi connectivity index (χ2v) is 6.44. The lowest BCUT2D eigenvalue weighted by atomic mass is 10.0. The molecule has 2 unspecified atom stereocenters. The van der Waals surface area contributed by atoms with E-state index in [1.54, 1.807) is 31.2 Å². The van der Waals surface area contributed by atoms with Gasteiger partial charge in [-0.2, -0.15) is 0 Å². The average Bonchev–Trinajstić information content (AvgIpc) is 3.24. The first kappa shape index (κ1) is 16.5. The minimum atomic E-state index is -1.29. The van der Waals surface area contributed by atoms with Gasteiger partial charge >= 0.3 is 6.03 Å². The van der Waals surface area contributed by atoms with Gasteiger partial charge in [0.1, 0.15) is 17.2 Å². The van der Waals surface area contributed by atoms with Gasteiger partial charge < -0.3 is 20.2 Å². The summed E-state index contributed by atoms with van der Waals surface area (Å²) in [6.45, 7) is 1.59. The molecular formula is C18H21FN2O3. The summed E-state index contributed by atoms with van der Waals surface area (Å²) < 4.78 is 18.3.